The second-order valence-electron chi connectivity index (χ2n) is 7.15. The molecule has 190 valence electrons. The van der Waals surface area contributed by atoms with Crippen molar-refractivity contribution in [1.82, 2.24) is 5.32 Å². The molecular formula is C24H23N7O5S. The number of urea groups is 1. The molecule has 0 unspecified atom stereocenters. The van der Waals surface area contributed by atoms with Gasteiger partial charge in [0.05, 0.1) is 14.2 Å². The third-order valence-corrected chi connectivity index (χ3v) is 4.89. The van der Waals surface area contributed by atoms with Crippen LogP contribution < -0.4 is 35.5 Å². The van der Waals surface area contributed by atoms with Crippen LogP contribution in [0, 0.1) is 0 Å². The number of hydrogen-bond acceptors (Lipinski definition) is 7. The maximum atomic E-state index is 12.8. The number of rotatable bonds is 9. The number of carbonyl (C=O) groups excluding carboxylic acids is 2. The smallest absolute Gasteiger partial charge is 0.323 e. The molecule has 0 heterocycles. The predicted octanol–water partition coefficient (Wildman–Crippen LogP) is 5.12. The fourth-order valence-corrected chi connectivity index (χ4v) is 3.31. The number of amides is 3. The standard InChI is InChI=1S/C24H23N7O5S/c1-34-19-11-15(12-20(35-2)21(19)36-14-26-31-25)22(32)30-24(37)29-18-10-6-9-17(13-18)28-23(33)27-16-7-4-3-5-8-16/h3-13H,14H2,1-2H3,(H2,27,28,33)(H2,29,30,32,37). The van der Waals surface area contributed by atoms with Gasteiger partial charge in [-0.2, -0.15) is 0 Å². The predicted molar refractivity (Wildman–Crippen MR) is 143 cm³/mol. The highest BCUT2D eigenvalue weighted by molar-refractivity contribution is 7.80. The van der Waals surface area contributed by atoms with Crippen LogP contribution in [0.3, 0.4) is 0 Å². The molecule has 37 heavy (non-hydrogen) atoms. The zero-order valence-corrected chi connectivity index (χ0v) is 20.7. The molecule has 0 aliphatic carbocycles. The van der Waals surface area contributed by atoms with Crippen LogP contribution in [0.2, 0.25) is 0 Å². The summed E-state index contributed by atoms with van der Waals surface area (Å²) in [5.41, 5.74) is 10.3. The minimum absolute atomic E-state index is 0.0255. The third kappa shape index (κ3) is 7.75. The van der Waals surface area contributed by atoms with Gasteiger partial charge in [-0.1, -0.05) is 29.4 Å². The van der Waals surface area contributed by atoms with Crippen molar-refractivity contribution in [2.75, 3.05) is 36.9 Å². The second-order valence-corrected chi connectivity index (χ2v) is 7.56. The maximum Gasteiger partial charge on any atom is 0.323 e. The Balaban J connectivity index is 1.64. The van der Waals surface area contributed by atoms with E-state index in [0.717, 1.165) is 0 Å². The zero-order chi connectivity index (χ0) is 26.6. The highest BCUT2D eigenvalue weighted by Gasteiger charge is 2.18. The number of thiocarbonyl (C=S) groups is 1. The van der Waals surface area contributed by atoms with Crippen molar-refractivity contribution in [2.24, 2.45) is 5.11 Å². The lowest BCUT2D eigenvalue weighted by Gasteiger charge is -2.15. The van der Waals surface area contributed by atoms with Crippen molar-refractivity contribution in [3.63, 3.8) is 0 Å². The van der Waals surface area contributed by atoms with Gasteiger partial charge in [0, 0.05) is 27.5 Å². The summed E-state index contributed by atoms with van der Waals surface area (Å²) in [6.07, 6.45) is 0. The van der Waals surface area contributed by atoms with E-state index in [1.54, 1.807) is 36.4 Å². The Labute approximate surface area is 217 Å². The third-order valence-electron chi connectivity index (χ3n) is 4.69. The molecule has 0 aromatic heterocycles. The fourth-order valence-electron chi connectivity index (χ4n) is 3.10. The van der Waals surface area contributed by atoms with E-state index in [1.165, 1.54) is 26.4 Å². The number of carbonyl (C=O) groups is 2. The molecule has 0 atom stereocenters. The van der Waals surface area contributed by atoms with Crippen LogP contribution in [0.4, 0.5) is 21.9 Å². The Morgan fingerprint density at radius 1 is 0.892 bits per heavy atom. The van der Waals surface area contributed by atoms with E-state index in [0.29, 0.717) is 17.1 Å². The molecule has 0 bridgehead atoms. The quantitative estimate of drug-likeness (QED) is 0.132. The van der Waals surface area contributed by atoms with Gasteiger partial charge in [0.1, 0.15) is 0 Å². The van der Waals surface area contributed by atoms with Crippen molar-refractivity contribution in [3.8, 4) is 17.2 Å². The number of benzene rings is 3. The van der Waals surface area contributed by atoms with E-state index in [4.69, 9.17) is 32.0 Å². The van der Waals surface area contributed by atoms with E-state index in [2.05, 4.69) is 31.3 Å². The number of nitrogens with one attached hydrogen (secondary N) is 4. The maximum absolute atomic E-state index is 12.8. The molecular weight excluding hydrogens is 498 g/mol. The monoisotopic (exact) mass is 521 g/mol. The second kappa shape index (κ2) is 13.2. The highest BCUT2D eigenvalue weighted by Crippen LogP contribution is 2.38. The molecule has 0 fully saturated rings. The largest absolute Gasteiger partial charge is 0.493 e. The van der Waals surface area contributed by atoms with Gasteiger partial charge < -0.3 is 30.2 Å². The molecule has 3 aromatic rings. The van der Waals surface area contributed by atoms with Gasteiger partial charge in [0.25, 0.3) is 5.91 Å². The first-order valence-electron chi connectivity index (χ1n) is 10.7. The summed E-state index contributed by atoms with van der Waals surface area (Å²) >= 11 is 5.27. The van der Waals surface area contributed by atoms with E-state index >= 15 is 0 Å². The van der Waals surface area contributed by atoms with Gasteiger partial charge in [0.2, 0.25) is 5.75 Å². The Bertz CT molecular complexity index is 1310. The Hall–Kier alpha value is -5.00. The minimum atomic E-state index is -0.535. The summed E-state index contributed by atoms with van der Waals surface area (Å²) in [5.74, 6) is 0.0376. The number of hydrogen-bond donors (Lipinski definition) is 4. The van der Waals surface area contributed by atoms with Crippen molar-refractivity contribution >= 4 is 46.3 Å². The Morgan fingerprint density at radius 3 is 2.11 bits per heavy atom. The van der Waals surface area contributed by atoms with Gasteiger partial charge in [-0.05, 0) is 60.2 Å². The number of azide groups is 1. The fraction of sp³-hybridized carbons (Fsp3) is 0.125. The van der Waals surface area contributed by atoms with Gasteiger partial charge in [-0.15, -0.1) is 0 Å². The molecule has 12 nitrogen and oxygen atoms in total. The van der Waals surface area contributed by atoms with Crippen molar-refractivity contribution in [3.05, 3.63) is 82.7 Å². The molecule has 0 spiro atoms. The topological polar surface area (TPSA) is 159 Å². The van der Waals surface area contributed by atoms with Gasteiger partial charge >= 0.3 is 6.03 Å². The van der Waals surface area contributed by atoms with E-state index in [9.17, 15) is 9.59 Å². The van der Waals surface area contributed by atoms with Gasteiger partial charge in [-0.3, -0.25) is 10.1 Å². The van der Waals surface area contributed by atoms with Crippen LogP contribution in [0.1, 0.15) is 10.4 Å². The van der Waals surface area contributed by atoms with Crippen LogP contribution in [0.15, 0.2) is 71.8 Å². The molecule has 4 N–H and O–H groups in total. The molecule has 3 amide bonds. The normalized spacial score (nSPS) is 9.78. The first-order valence-corrected chi connectivity index (χ1v) is 11.1. The lowest BCUT2D eigenvalue weighted by atomic mass is 10.1. The van der Waals surface area contributed by atoms with Crippen LogP contribution >= 0.6 is 12.2 Å². The lowest BCUT2D eigenvalue weighted by molar-refractivity contribution is 0.0977. The van der Waals surface area contributed by atoms with Gasteiger partial charge in [-0.25, -0.2) is 4.79 Å². The van der Waals surface area contributed by atoms with Crippen LogP contribution in [0.5, 0.6) is 17.2 Å². The molecule has 0 aliphatic heterocycles. The SMILES string of the molecule is COc1cc(C(=O)NC(=S)Nc2cccc(NC(=O)Nc3ccccc3)c2)cc(OC)c1OCN=[N+]=[N-]. The molecule has 0 saturated heterocycles. The number of methoxy groups -OCH3 is 2. The molecule has 0 saturated carbocycles. The van der Waals surface area contributed by atoms with Crippen molar-refractivity contribution in [1.29, 1.82) is 0 Å². The van der Waals surface area contributed by atoms with Crippen LogP contribution in [-0.4, -0.2) is 38.0 Å². The first-order chi connectivity index (χ1) is 17.9. The van der Waals surface area contributed by atoms with Crippen molar-refractivity contribution < 1.29 is 23.8 Å². The highest BCUT2D eigenvalue weighted by atomic mass is 32.1. The minimum Gasteiger partial charge on any atom is -0.493 e. The molecule has 13 heteroatoms. The van der Waals surface area contributed by atoms with E-state index in [-0.39, 0.29) is 34.7 Å². The summed E-state index contributed by atoms with van der Waals surface area (Å²) in [7, 11) is 2.79. The molecule has 3 rings (SSSR count). The molecule has 0 radical (unpaired) electrons. The summed E-state index contributed by atoms with van der Waals surface area (Å²) in [6, 6.07) is 18.3. The van der Waals surface area contributed by atoms with Crippen LogP contribution in [0.25, 0.3) is 10.4 Å². The van der Waals surface area contributed by atoms with Crippen molar-refractivity contribution in [2.45, 2.75) is 0 Å². The average Bonchev–Trinajstić information content (AvgIpc) is 2.89. The van der Waals surface area contributed by atoms with Crippen LogP contribution in [-0.2, 0) is 0 Å². The summed E-state index contributed by atoms with van der Waals surface area (Å²) in [6.45, 7) is -0.287. The number of ether oxygens (including phenoxy) is 3. The summed E-state index contributed by atoms with van der Waals surface area (Å²) in [5, 5.41) is 14.3. The summed E-state index contributed by atoms with van der Waals surface area (Å²) in [4.78, 5) is 27.7. The number of anilines is 3. The van der Waals surface area contributed by atoms with Gasteiger partial charge in [0.15, 0.2) is 23.3 Å². The molecule has 3 aromatic carbocycles. The lowest BCUT2D eigenvalue weighted by Crippen LogP contribution is -2.34. The van der Waals surface area contributed by atoms with E-state index in [1.807, 2.05) is 18.2 Å². The number of para-hydroxylation sites is 1. The van der Waals surface area contributed by atoms with E-state index < -0.39 is 11.9 Å². The first kappa shape index (κ1) is 26.6. The Kier molecular flexibility index (Phi) is 9.48. The number of nitrogens with zero attached hydrogens (tertiary/aromatic N) is 3. The summed E-state index contributed by atoms with van der Waals surface area (Å²) < 4.78 is 16.0. The average molecular weight is 522 g/mol. The molecule has 0 aliphatic rings. The Morgan fingerprint density at radius 2 is 1.49 bits per heavy atom. The zero-order valence-electron chi connectivity index (χ0n) is 19.8.